The Morgan fingerprint density at radius 1 is 1.45 bits per heavy atom. The second-order valence-corrected chi connectivity index (χ2v) is 4.54. The number of methoxy groups -OCH3 is 1. The molecular formula is C14H15ClN4O. The van der Waals surface area contributed by atoms with E-state index in [0.29, 0.717) is 23.0 Å². The molecule has 2 aromatic rings. The Morgan fingerprint density at radius 2 is 2.25 bits per heavy atom. The third-order valence-corrected chi connectivity index (χ3v) is 2.93. The maximum absolute atomic E-state index is 6.01. The molecule has 2 N–H and O–H groups in total. The highest BCUT2D eigenvalue weighted by Gasteiger charge is 2.07. The summed E-state index contributed by atoms with van der Waals surface area (Å²) in [5.74, 6) is 0. The van der Waals surface area contributed by atoms with E-state index in [1.54, 1.807) is 32.6 Å². The van der Waals surface area contributed by atoms with Crippen molar-refractivity contribution in [1.82, 2.24) is 9.97 Å². The molecule has 0 unspecified atom stereocenters. The minimum Gasteiger partial charge on any atom is -0.400 e. The fourth-order valence-corrected chi connectivity index (χ4v) is 1.99. The van der Waals surface area contributed by atoms with Crippen LogP contribution in [0.4, 0.5) is 0 Å². The lowest BCUT2D eigenvalue weighted by atomic mass is 10.1. The Morgan fingerprint density at radius 3 is 2.95 bits per heavy atom. The van der Waals surface area contributed by atoms with Gasteiger partial charge in [-0.3, -0.25) is 9.98 Å². The van der Waals surface area contributed by atoms with Gasteiger partial charge in [0.25, 0.3) is 0 Å². The Hall–Kier alpha value is -1.98. The minimum absolute atomic E-state index is 0.322. The Kier molecular flexibility index (Phi) is 4.65. The fourth-order valence-electron chi connectivity index (χ4n) is 1.83. The van der Waals surface area contributed by atoms with Crippen LogP contribution in [0.25, 0.3) is 16.6 Å². The first kappa shape index (κ1) is 14.4. The van der Waals surface area contributed by atoms with Gasteiger partial charge in [0.05, 0.1) is 17.6 Å². The molecule has 0 aliphatic rings. The molecule has 6 heteroatoms. The SMILES string of the molecule is CN=CC(=C(N)COC)c1cnc2ccc(Cl)nc2c1. The predicted octanol–water partition coefficient (Wildman–Crippen LogP) is 2.30. The molecule has 0 fully saturated rings. The molecule has 104 valence electrons. The first-order valence-electron chi connectivity index (χ1n) is 5.98. The number of aliphatic imine (C=N–C) groups is 1. The summed E-state index contributed by atoms with van der Waals surface area (Å²) < 4.78 is 5.06. The quantitative estimate of drug-likeness (QED) is 0.692. The van der Waals surface area contributed by atoms with Crippen molar-refractivity contribution in [3.05, 3.63) is 40.8 Å². The first-order chi connectivity index (χ1) is 9.65. The fraction of sp³-hybridized carbons (Fsp3) is 0.214. The second-order valence-electron chi connectivity index (χ2n) is 4.16. The highest BCUT2D eigenvalue weighted by Crippen LogP contribution is 2.20. The molecule has 0 aromatic carbocycles. The van der Waals surface area contributed by atoms with Gasteiger partial charge in [-0.1, -0.05) is 11.6 Å². The third-order valence-electron chi connectivity index (χ3n) is 2.72. The van der Waals surface area contributed by atoms with E-state index in [1.165, 1.54) is 0 Å². The van der Waals surface area contributed by atoms with E-state index >= 15 is 0 Å². The van der Waals surface area contributed by atoms with Crippen LogP contribution in [0.5, 0.6) is 0 Å². The number of allylic oxidation sites excluding steroid dienone is 1. The lowest BCUT2D eigenvalue weighted by Gasteiger charge is -2.08. The maximum Gasteiger partial charge on any atom is 0.129 e. The minimum atomic E-state index is 0.322. The van der Waals surface area contributed by atoms with E-state index < -0.39 is 0 Å². The van der Waals surface area contributed by atoms with Crippen molar-refractivity contribution in [2.45, 2.75) is 0 Å². The van der Waals surface area contributed by atoms with Gasteiger partial charge in [0.1, 0.15) is 5.15 Å². The summed E-state index contributed by atoms with van der Waals surface area (Å²) in [6, 6.07) is 5.41. The summed E-state index contributed by atoms with van der Waals surface area (Å²) >= 11 is 5.90. The Balaban J connectivity index is 2.56. The van der Waals surface area contributed by atoms with Crippen LogP contribution >= 0.6 is 11.6 Å². The predicted molar refractivity (Wildman–Crippen MR) is 81.9 cm³/mol. The van der Waals surface area contributed by atoms with Gasteiger partial charge in [0.15, 0.2) is 0 Å². The van der Waals surface area contributed by atoms with Crippen molar-refractivity contribution in [2.24, 2.45) is 10.7 Å². The summed E-state index contributed by atoms with van der Waals surface area (Å²) in [5, 5.41) is 0.427. The molecule has 2 aromatic heterocycles. The number of nitrogens with two attached hydrogens (primary N) is 1. The number of hydrogen-bond donors (Lipinski definition) is 1. The number of halogens is 1. The highest BCUT2D eigenvalue weighted by atomic mass is 35.5. The van der Waals surface area contributed by atoms with Gasteiger partial charge in [-0.15, -0.1) is 0 Å². The van der Waals surface area contributed by atoms with Gasteiger partial charge in [-0.05, 0) is 18.2 Å². The van der Waals surface area contributed by atoms with E-state index in [0.717, 1.165) is 16.7 Å². The molecule has 0 aliphatic carbocycles. The lowest BCUT2D eigenvalue weighted by molar-refractivity contribution is 0.225. The summed E-state index contributed by atoms with van der Waals surface area (Å²) in [4.78, 5) is 12.6. The van der Waals surface area contributed by atoms with E-state index in [9.17, 15) is 0 Å². The summed E-state index contributed by atoms with van der Waals surface area (Å²) in [6.45, 7) is 0.322. The topological polar surface area (TPSA) is 73.4 Å². The molecule has 0 bridgehead atoms. The average molecular weight is 291 g/mol. The molecule has 0 atom stereocenters. The van der Waals surface area contributed by atoms with Crippen LogP contribution in [0.1, 0.15) is 5.56 Å². The number of fused-ring (bicyclic) bond motifs is 1. The van der Waals surface area contributed by atoms with E-state index in [1.807, 2.05) is 12.1 Å². The van der Waals surface area contributed by atoms with Gasteiger partial charge in [0.2, 0.25) is 0 Å². The van der Waals surface area contributed by atoms with Crippen LogP contribution in [0.2, 0.25) is 5.15 Å². The molecule has 0 radical (unpaired) electrons. The van der Waals surface area contributed by atoms with Gasteiger partial charge in [-0.25, -0.2) is 4.98 Å². The zero-order chi connectivity index (χ0) is 14.5. The van der Waals surface area contributed by atoms with Crippen LogP contribution in [-0.4, -0.2) is 36.9 Å². The molecule has 0 aliphatic heterocycles. The molecule has 0 amide bonds. The number of nitrogens with zero attached hydrogens (tertiary/aromatic N) is 3. The summed E-state index contributed by atoms with van der Waals surface area (Å²) in [7, 11) is 3.28. The molecule has 2 rings (SSSR count). The number of rotatable bonds is 4. The summed E-state index contributed by atoms with van der Waals surface area (Å²) in [6.07, 6.45) is 3.42. The van der Waals surface area contributed by atoms with Crippen molar-refractivity contribution >= 4 is 34.4 Å². The van der Waals surface area contributed by atoms with Gasteiger partial charge in [0, 0.05) is 43.4 Å². The molecular weight excluding hydrogens is 276 g/mol. The average Bonchev–Trinajstić information content (AvgIpc) is 2.44. The van der Waals surface area contributed by atoms with E-state index in [4.69, 9.17) is 22.1 Å². The van der Waals surface area contributed by atoms with Crippen molar-refractivity contribution in [3.8, 4) is 0 Å². The zero-order valence-corrected chi connectivity index (χ0v) is 12.1. The van der Waals surface area contributed by atoms with E-state index in [-0.39, 0.29) is 0 Å². The van der Waals surface area contributed by atoms with Crippen LogP contribution in [0.3, 0.4) is 0 Å². The summed E-state index contributed by atoms with van der Waals surface area (Å²) in [5.41, 5.74) is 9.67. The number of pyridine rings is 2. The molecule has 0 saturated carbocycles. The van der Waals surface area contributed by atoms with Crippen molar-refractivity contribution in [3.63, 3.8) is 0 Å². The van der Waals surface area contributed by atoms with Crippen molar-refractivity contribution < 1.29 is 4.74 Å². The monoisotopic (exact) mass is 290 g/mol. The van der Waals surface area contributed by atoms with Crippen LogP contribution in [-0.2, 0) is 4.74 Å². The van der Waals surface area contributed by atoms with Crippen LogP contribution < -0.4 is 5.73 Å². The molecule has 5 nitrogen and oxygen atoms in total. The molecule has 2 heterocycles. The van der Waals surface area contributed by atoms with Crippen molar-refractivity contribution in [1.29, 1.82) is 0 Å². The number of aromatic nitrogens is 2. The number of ether oxygens (including phenoxy) is 1. The molecule has 0 spiro atoms. The second kappa shape index (κ2) is 6.45. The van der Waals surface area contributed by atoms with Gasteiger partial charge in [-0.2, -0.15) is 0 Å². The standard InChI is InChI=1S/C14H15ClN4O/c1-17-7-10(11(16)8-20-2)9-5-13-12(18-6-9)3-4-14(15)19-13/h3-7H,8,16H2,1-2H3. The van der Waals surface area contributed by atoms with Gasteiger partial charge >= 0.3 is 0 Å². The molecule has 20 heavy (non-hydrogen) atoms. The first-order valence-corrected chi connectivity index (χ1v) is 6.36. The van der Waals surface area contributed by atoms with Crippen molar-refractivity contribution in [2.75, 3.05) is 20.8 Å². The number of hydrogen-bond acceptors (Lipinski definition) is 5. The highest BCUT2D eigenvalue weighted by molar-refractivity contribution is 6.29. The molecule has 0 saturated heterocycles. The van der Waals surface area contributed by atoms with Gasteiger partial charge < -0.3 is 10.5 Å². The smallest absolute Gasteiger partial charge is 0.129 e. The Labute approximate surface area is 122 Å². The largest absolute Gasteiger partial charge is 0.400 e. The normalized spacial score (nSPS) is 12.9. The lowest BCUT2D eigenvalue weighted by Crippen LogP contribution is -2.09. The van der Waals surface area contributed by atoms with E-state index in [2.05, 4.69) is 15.0 Å². The van der Waals surface area contributed by atoms with Crippen LogP contribution in [0, 0.1) is 0 Å². The zero-order valence-electron chi connectivity index (χ0n) is 11.3. The van der Waals surface area contributed by atoms with Crippen LogP contribution in [0.15, 0.2) is 35.1 Å². The Bertz CT molecular complexity index is 682. The third kappa shape index (κ3) is 3.12. The maximum atomic E-state index is 6.01.